The summed E-state index contributed by atoms with van der Waals surface area (Å²) in [7, 11) is 0. The van der Waals surface area contributed by atoms with Gasteiger partial charge in [-0.3, -0.25) is 9.69 Å². The van der Waals surface area contributed by atoms with Gasteiger partial charge in [-0.15, -0.1) is 0 Å². The van der Waals surface area contributed by atoms with E-state index < -0.39 is 6.03 Å². The molecular formula is C19H13Cl2N3O2. The Morgan fingerprint density at radius 3 is 2.50 bits per heavy atom. The van der Waals surface area contributed by atoms with Crippen molar-refractivity contribution < 1.29 is 9.59 Å². The van der Waals surface area contributed by atoms with Gasteiger partial charge in [-0.1, -0.05) is 41.4 Å². The molecule has 5 nitrogen and oxygen atoms in total. The topological polar surface area (TPSA) is 65.2 Å². The van der Waals surface area contributed by atoms with Gasteiger partial charge in [-0.2, -0.15) is 0 Å². The van der Waals surface area contributed by atoms with Crippen LogP contribution in [0.2, 0.25) is 10.0 Å². The average Bonchev–Trinajstić information content (AvgIpc) is 3.12. The predicted octanol–water partition coefficient (Wildman–Crippen LogP) is 4.57. The number of carbonyl (C=O) groups excluding carboxylic acids is 2. The number of hydrogen-bond acceptors (Lipinski definition) is 2. The molecule has 0 spiro atoms. The molecule has 0 radical (unpaired) electrons. The lowest BCUT2D eigenvalue weighted by atomic mass is 10.1. The lowest BCUT2D eigenvalue weighted by molar-refractivity contribution is -0.123. The zero-order chi connectivity index (χ0) is 18.3. The molecule has 26 heavy (non-hydrogen) atoms. The number of halogens is 2. The Hall–Kier alpha value is -2.76. The minimum atomic E-state index is -0.445. The number of carbonyl (C=O) groups is 2. The SMILES string of the molecule is O=C1NC(=Cc2c[nH]c3cc(Cl)ccc23)C(=O)N1Cc1ccc(Cl)cc1. The molecule has 1 aliphatic rings. The van der Waals surface area contributed by atoms with Gasteiger partial charge in [0.15, 0.2) is 0 Å². The highest BCUT2D eigenvalue weighted by Crippen LogP contribution is 2.25. The Bertz CT molecular complexity index is 1050. The molecule has 3 amide bonds. The fraction of sp³-hybridized carbons (Fsp3) is 0.0526. The molecule has 130 valence electrons. The van der Waals surface area contributed by atoms with Gasteiger partial charge in [0.25, 0.3) is 5.91 Å². The summed E-state index contributed by atoms with van der Waals surface area (Å²) < 4.78 is 0. The molecule has 1 saturated heterocycles. The van der Waals surface area contributed by atoms with E-state index in [1.807, 2.05) is 6.07 Å². The molecule has 4 rings (SSSR count). The second-order valence-electron chi connectivity index (χ2n) is 5.94. The van der Waals surface area contributed by atoms with Crippen molar-refractivity contribution in [2.75, 3.05) is 0 Å². The number of rotatable bonds is 3. The third kappa shape index (κ3) is 3.07. The summed E-state index contributed by atoms with van der Waals surface area (Å²) in [5, 5.41) is 4.77. The zero-order valence-corrected chi connectivity index (χ0v) is 14.9. The summed E-state index contributed by atoms with van der Waals surface area (Å²) in [6.45, 7) is 0.183. The number of aromatic nitrogens is 1. The highest BCUT2D eigenvalue weighted by Gasteiger charge is 2.33. The van der Waals surface area contributed by atoms with E-state index in [1.165, 1.54) is 4.90 Å². The van der Waals surface area contributed by atoms with E-state index in [1.54, 1.807) is 48.7 Å². The number of hydrogen-bond donors (Lipinski definition) is 2. The lowest BCUT2D eigenvalue weighted by Gasteiger charge is -2.11. The van der Waals surface area contributed by atoms with Gasteiger partial charge >= 0.3 is 6.03 Å². The molecule has 0 atom stereocenters. The van der Waals surface area contributed by atoms with Crippen molar-refractivity contribution in [1.29, 1.82) is 0 Å². The van der Waals surface area contributed by atoms with Crippen molar-refractivity contribution in [2.24, 2.45) is 0 Å². The molecule has 2 N–H and O–H groups in total. The molecule has 1 fully saturated rings. The Morgan fingerprint density at radius 1 is 1.00 bits per heavy atom. The van der Waals surface area contributed by atoms with Gasteiger partial charge < -0.3 is 10.3 Å². The van der Waals surface area contributed by atoms with E-state index in [9.17, 15) is 9.59 Å². The van der Waals surface area contributed by atoms with Crippen LogP contribution in [0.25, 0.3) is 17.0 Å². The van der Waals surface area contributed by atoms with Crippen molar-refractivity contribution >= 4 is 52.1 Å². The Labute approximate surface area is 159 Å². The lowest BCUT2D eigenvalue weighted by Crippen LogP contribution is -2.30. The van der Waals surface area contributed by atoms with E-state index in [0.717, 1.165) is 22.0 Å². The van der Waals surface area contributed by atoms with Gasteiger partial charge in [0.1, 0.15) is 5.70 Å². The van der Waals surface area contributed by atoms with Crippen LogP contribution in [-0.2, 0) is 11.3 Å². The Balaban J connectivity index is 1.61. The Morgan fingerprint density at radius 2 is 1.73 bits per heavy atom. The van der Waals surface area contributed by atoms with E-state index in [4.69, 9.17) is 23.2 Å². The molecule has 0 aliphatic carbocycles. The third-order valence-electron chi connectivity index (χ3n) is 4.19. The first-order valence-electron chi connectivity index (χ1n) is 7.87. The second-order valence-corrected chi connectivity index (χ2v) is 6.81. The van der Waals surface area contributed by atoms with Crippen LogP contribution < -0.4 is 5.32 Å². The maximum Gasteiger partial charge on any atom is 0.329 e. The quantitative estimate of drug-likeness (QED) is 0.512. The fourth-order valence-corrected chi connectivity index (χ4v) is 3.18. The van der Waals surface area contributed by atoms with E-state index in [2.05, 4.69) is 10.3 Å². The largest absolute Gasteiger partial charge is 0.361 e. The number of urea groups is 1. The predicted molar refractivity (Wildman–Crippen MR) is 102 cm³/mol. The maximum atomic E-state index is 12.6. The van der Waals surface area contributed by atoms with Crippen LogP contribution in [0.1, 0.15) is 11.1 Å². The van der Waals surface area contributed by atoms with E-state index in [-0.39, 0.29) is 18.1 Å². The van der Waals surface area contributed by atoms with Crippen LogP contribution in [0, 0.1) is 0 Å². The van der Waals surface area contributed by atoms with Crippen molar-refractivity contribution in [2.45, 2.75) is 6.54 Å². The van der Waals surface area contributed by atoms with E-state index >= 15 is 0 Å². The monoisotopic (exact) mass is 385 g/mol. The van der Waals surface area contributed by atoms with Crippen LogP contribution in [0.3, 0.4) is 0 Å². The number of nitrogens with one attached hydrogen (secondary N) is 2. The van der Waals surface area contributed by atoms with Gasteiger partial charge in [-0.05, 0) is 35.9 Å². The van der Waals surface area contributed by atoms with Gasteiger partial charge in [0.05, 0.1) is 6.54 Å². The van der Waals surface area contributed by atoms with Gasteiger partial charge in [-0.25, -0.2) is 4.79 Å². The average molecular weight is 386 g/mol. The smallest absolute Gasteiger partial charge is 0.329 e. The molecule has 2 aromatic carbocycles. The number of amides is 3. The summed E-state index contributed by atoms with van der Waals surface area (Å²) in [4.78, 5) is 29.1. The Kier molecular flexibility index (Phi) is 4.18. The first-order valence-corrected chi connectivity index (χ1v) is 8.62. The van der Waals surface area contributed by atoms with E-state index in [0.29, 0.717) is 10.0 Å². The molecule has 0 unspecified atom stereocenters. The van der Waals surface area contributed by atoms with Crippen molar-refractivity contribution in [3.05, 3.63) is 75.5 Å². The molecule has 1 aliphatic heterocycles. The van der Waals surface area contributed by atoms with Gasteiger partial charge in [0.2, 0.25) is 0 Å². The van der Waals surface area contributed by atoms with Gasteiger partial charge in [0, 0.05) is 32.7 Å². The van der Waals surface area contributed by atoms with Crippen molar-refractivity contribution in [3.63, 3.8) is 0 Å². The zero-order valence-electron chi connectivity index (χ0n) is 13.4. The number of nitrogens with zero attached hydrogens (tertiary/aromatic N) is 1. The minimum Gasteiger partial charge on any atom is -0.361 e. The standard InChI is InChI=1S/C19H13Cl2N3O2/c20-13-3-1-11(2-4-13)10-24-18(25)17(23-19(24)26)7-12-9-22-16-8-14(21)5-6-15(12)16/h1-9,22H,10H2,(H,23,26). The number of aromatic amines is 1. The molecule has 0 bridgehead atoms. The van der Waals surface area contributed by atoms with Crippen LogP contribution in [0.5, 0.6) is 0 Å². The molecular weight excluding hydrogens is 373 g/mol. The second kappa shape index (κ2) is 6.52. The third-order valence-corrected chi connectivity index (χ3v) is 4.68. The fourth-order valence-electron chi connectivity index (χ4n) is 2.88. The molecule has 1 aromatic heterocycles. The normalized spacial score (nSPS) is 15.9. The highest BCUT2D eigenvalue weighted by molar-refractivity contribution is 6.31. The summed E-state index contributed by atoms with van der Waals surface area (Å²) in [5.74, 6) is -0.367. The maximum absolute atomic E-state index is 12.6. The summed E-state index contributed by atoms with van der Waals surface area (Å²) in [6, 6.07) is 12.0. The highest BCUT2D eigenvalue weighted by atomic mass is 35.5. The van der Waals surface area contributed by atoms with Crippen molar-refractivity contribution in [3.8, 4) is 0 Å². The number of benzene rings is 2. The number of imide groups is 1. The summed E-state index contributed by atoms with van der Waals surface area (Å²) >= 11 is 11.9. The summed E-state index contributed by atoms with van der Waals surface area (Å²) in [5.41, 5.74) is 2.72. The number of fused-ring (bicyclic) bond motifs is 1. The van der Waals surface area contributed by atoms with Crippen LogP contribution in [0.15, 0.2) is 54.4 Å². The van der Waals surface area contributed by atoms with Crippen LogP contribution >= 0.6 is 23.2 Å². The summed E-state index contributed by atoms with van der Waals surface area (Å²) in [6.07, 6.45) is 3.43. The number of H-pyrrole nitrogens is 1. The van der Waals surface area contributed by atoms with Crippen LogP contribution in [0.4, 0.5) is 4.79 Å². The first kappa shape index (κ1) is 16.7. The molecule has 7 heteroatoms. The molecule has 2 heterocycles. The molecule has 0 saturated carbocycles. The van der Waals surface area contributed by atoms with Crippen molar-refractivity contribution in [1.82, 2.24) is 15.2 Å². The first-order chi connectivity index (χ1) is 12.5. The minimum absolute atomic E-state index is 0.183. The molecule has 3 aromatic rings. The van der Waals surface area contributed by atoms with Crippen LogP contribution in [-0.4, -0.2) is 21.8 Å².